The van der Waals surface area contributed by atoms with Crippen molar-refractivity contribution >= 4 is 23.9 Å². The Morgan fingerprint density at radius 3 is 2.19 bits per heavy atom. The minimum atomic E-state index is -0.595. The molecule has 2 N–H and O–H groups in total. The lowest BCUT2D eigenvalue weighted by molar-refractivity contribution is -0.143. The van der Waals surface area contributed by atoms with Gasteiger partial charge in [0.15, 0.2) is 0 Å². The number of rotatable bonds is 9. The van der Waals surface area contributed by atoms with E-state index < -0.39 is 17.8 Å². The number of hydrogen-bond acceptors (Lipinski definition) is 5. The van der Waals surface area contributed by atoms with Crippen molar-refractivity contribution in [2.45, 2.75) is 26.7 Å². The van der Waals surface area contributed by atoms with Crippen LogP contribution in [0.1, 0.15) is 48.2 Å². The molecule has 7 nitrogen and oxygen atoms in total. The molecule has 0 bridgehead atoms. The van der Waals surface area contributed by atoms with Crippen LogP contribution in [0.25, 0.3) is 6.08 Å². The van der Waals surface area contributed by atoms with Gasteiger partial charge in [0.05, 0.1) is 13.7 Å². The average molecular weight is 424 g/mol. The highest BCUT2D eigenvalue weighted by atomic mass is 16.5. The van der Waals surface area contributed by atoms with Gasteiger partial charge in [0.25, 0.3) is 11.8 Å². The number of methoxy groups -OCH3 is 1. The maximum absolute atomic E-state index is 12.7. The Morgan fingerprint density at radius 1 is 1.00 bits per heavy atom. The number of carbonyl (C=O) groups is 3. The van der Waals surface area contributed by atoms with Crippen LogP contribution >= 0.6 is 0 Å². The Morgan fingerprint density at radius 2 is 1.65 bits per heavy atom. The number of esters is 1. The lowest BCUT2D eigenvalue weighted by Crippen LogP contribution is -2.37. The third-order valence-electron chi connectivity index (χ3n) is 4.46. The Kier molecular flexibility index (Phi) is 8.81. The minimum absolute atomic E-state index is 0.0161. The van der Waals surface area contributed by atoms with Gasteiger partial charge in [-0.3, -0.25) is 14.4 Å². The second-order valence-corrected chi connectivity index (χ2v) is 7.05. The largest absolute Gasteiger partial charge is 0.497 e. The fraction of sp³-hybridized carbons (Fsp3) is 0.292. The summed E-state index contributed by atoms with van der Waals surface area (Å²) in [6.07, 6.45) is 1.56. The maximum Gasteiger partial charge on any atom is 0.325 e. The molecule has 0 saturated carbocycles. The molecule has 0 fully saturated rings. The standard InChI is InChI=1S/C24H28N2O5/c1-5-31-22(27)15-25-24(29)21(14-17-6-8-18(9-7-17)16(2)3)26-23(28)19-10-12-20(30-4)13-11-19/h6-14,16H,5,15H2,1-4H3,(H,25,29)(H,26,28). The third-order valence-corrected chi connectivity index (χ3v) is 4.46. The van der Waals surface area contributed by atoms with Crippen LogP contribution in [0.15, 0.2) is 54.2 Å². The van der Waals surface area contributed by atoms with Crippen LogP contribution in [0.5, 0.6) is 5.75 Å². The average Bonchev–Trinajstić information content (AvgIpc) is 2.77. The van der Waals surface area contributed by atoms with Crippen LogP contribution < -0.4 is 15.4 Å². The van der Waals surface area contributed by atoms with Crippen molar-refractivity contribution in [3.05, 3.63) is 70.9 Å². The highest BCUT2D eigenvalue weighted by Gasteiger charge is 2.16. The van der Waals surface area contributed by atoms with E-state index in [1.165, 1.54) is 7.11 Å². The molecule has 2 aromatic rings. The summed E-state index contributed by atoms with van der Waals surface area (Å²) in [5.41, 5.74) is 2.27. The summed E-state index contributed by atoms with van der Waals surface area (Å²) in [5, 5.41) is 5.11. The monoisotopic (exact) mass is 424 g/mol. The van der Waals surface area contributed by atoms with Gasteiger partial charge in [-0.2, -0.15) is 0 Å². The number of ether oxygens (including phenoxy) is 2. The Labute approximate surface area is 182 Å². The van der Waals surface area contributed by atoms with Gasteiger partial charge in [-0.15, -0.1) is 0 Å². The van der Waals surface area contributed by atoms with E-state index in [0.717, 1.165) is 11.1 Å². The van der Waals surface area contributed by atoms with Crippen LogP contribution in [-0.2, 0) is 14.3 Å². The molecule has 0 aromatic heterocycles. The summed E-state index contributed by atoms with van der Waals surface area (Å²) >= 11 is 0. The van der Waals surface area contributed by atoms with E-state index in [4.69, 9.17) is 9.47 Å². The Bertz CT molecular complexity index is 931. The normalized spacial score (nSPS) is 11.1. The Balaban J connectivity index is 2.24. The lowest BCUT2D eigenvalue weighted by Gasteiger charge is -2.12. The maximum atomic E-state index is 12.7. The SMILES string of the molecule is CCOC(=O)CNC(=O)C(=Cc1ccc(C(C)C)cc1)NC(=O)c1ccc(OC)cc1. The van der Waals surface area contributed by atoms with Crippen LogP contribution in [0.4, 0.5) is 0 Å². The highest BCUT2D eigenvalue weighted by molar-refractivity contribution is 6.05. The zero-order valence-electron chi connectivity index (χ0n) is 18.2. The van der Waals surface area contributed by atoms with Crippen molar-refractivity contribution in [3.63, 3.8) is 0 Å². The predicted octanol–water partition coefficient (Wildman–Crippen LogP) is 3.27. The van der Waals surface area contributed by atoms with E-state index in [1.807, 2.05) is 24.3 Å². The third kappa shape index (κ3) is 7.29. The zero-order valence-corrected chi connectivity index (χ0v) is 18.2. The van der Waals surface area contributed by atoms with Crippen molar-refractivity contribution in [1.82, 2.24) is 10.6 Å². The molecule has 2 rings (SSSR count). The van der Waals surface area contributed by atoms with Crippen LogP contribution in [0, 0.1) is 0 Å². The minimum Gasteiger partial charge on any atom is -0.497 e. The van der Waals surface area contributed by atoms with Crippen LogP contribution in [0.2, 0.25) is 0 Å². The van der Waals surface area contributed by atoms with E-state index in [2.05, 4.69) is 24.5 Å². The van der Waals surface area contributed by atoms with Gasteiger partial charge >= 0.3 is 5.97 Å². The molecule has 0 atom stereocenters. The molecule has 2 amide bonds. The first-order chi connectivity index (χ1) is 14.8. The summed E-state index contributed by atoms with van der Waals surface area (Å²) in [7, 11) is 1.54. The van der Waals surface area contributed by atoms with Gasteiger partial charge in [0.1, 0.15) is 18.0 Å². The molecule has 0 aliphatic rings. The first kappa shape index (κ1) is 23.7. The van der Waals surface area contributed by atoms with E-state index in [-0.39, 0.29) is 18.8 Å². The van der Waals surface area contributed by atoms with E-state index in [9.17, 15) is 14.4 Å². The topological polar surface area (TPSA) is 93.7 Å². The highest BCUT2D eigenvalue weighted by Crippen LogP contribution is 2.16. The van der Waals surface area contributed by atoms with Crippen molar-refractivity contribution < 1.29 is 23.9 Å². The van der Waals surface area contributed by atoms with Gasteiger partial charge in [-0.25, -0.2) is 0 Å². The number of amides is 2. The molecule has 0 unspecified atom stereocenters. The fourth-order valence-corrected chi connectivity index (χ4v) is 2.70. The molecule has 7 heteroatoms. The van der Waals surface area contributed by atoms with E-state index >= 15 is 0 Å². The molecule has 0 aliphatic carbocycles. The fourth-order valence-electron chi connectivity index (χ4n) is 2.70. The second-order valence-electron chi connectivity index (χ2n) is 7.05. The van der Waals surface area contributed by atoms with Crippen molar-refractivity contribution in [3.8, 4) is 5.75 Å². The Hall–Kier alpha value is -3.61. The number of nitrogens with one attached hydrogen (secondary N) is 2. The van der Waals surface area contributed by atoms with Crippen molar-refractivity contribution in [1.29, 1.82) is 0 Å². The molecular weight excluding hydrogens is 396 g/mol. The van der Waals surface area contributed by atoms with Gasteiger partial charge < -0.3 is 20.1 Å². The summed E-state index contributed by atoms with van der Waals surface area (Å²) < 4.78 is 9.92. The van der Waals surface area contributed by atoms with Crippen LogP contribution in [-0.4, -0.2) is 38.0 Å². The molecule has 0 spiro atoms. The predicted molar refractivity (Wildman–Crippen MR) is 119 cm³/mol. The van der Waals surface area contributed by atoms with E-state index in [1.54, 1.807) is 37.3 Å². The van der Waals surface area contributed by atoms with Crippen molar-refractivity contribution in [2.75, 3.05) is 20.3 Å². The van der Waals surface area contributed by atoms with Crippen LogP contribution in [0.3, 0.4) is 0 Å². The summed E-state index contributed by atoms with van der Waals surface area (Å²) in [6.45, 7) is 5.78. The number of benzene rings is 2. The van der Waals surface area contributed by atoms with Crippen molar-refractivity contribution in [2.24, 2.45) is 0 Å². The smallest absolute Gasteiger partial charge is 0.325 e. The second kappa shape index (κ2) is 11.5. The first-order valence-electron chi connectivity index (χ1n) is 10.0. The number of carbonyl (C=O) groups excluding carboxylic acids is 3. The van der Waals surface area contributed by atoms with Gasteiger partial charge in [-0.1, -0.05) is 38.1 Å². The number of hydrogen-bond donors (Lipinski definition) is 2. The lowest BCUT2D eigenvalue weighted by atomic mass is 10.0. The zero-order chi connectivity index (χ0) is 22.8. The summed E-state index contributed by atoms with van der Waals surface area (Å²) in [4.78, 5) is 36.9. The molecule has 0 aliphatic heterocycles. The first-order valence-corrected chi connectivity index (χ1v) is 10.0. The van der Waals surface area contributed by atoms with Gasteiger partial charge in [-0.05, 0) is 54.3 Å². The molecule has 0 heterocycles. The molecule has 0 saturated heterocycles. The molecule has 0 radical (unpaired) electrons. The molecule has 2 aromatic carbocycles. The van der Waals surface area contributed by atoms with E-state index in [0.29, 0.717) is 17.2 Å². The molecule has 31 heavy (non-hydrogen) atoms. The summed E-state index contributed by atoms with van der Waals surface area (Å²) in [6, 6.07) is 14.2. The quantitative estimate of drug-likeness (QED) is 0.476. The summed E-state index contributed by atoms with van der Waals surface area (Å²) in [5.74, 6) is -0.621. The molecule has 164 valence electrons. The molecular formula is C24H28N2O5. The van der Waals surface area contributed by atoms with Gasteiger partial charge in [0.2, 0.25) is 0 Å². The van der Waals surface area contributed by atoms with Gasteiger partial charge in [0, 0.05) is 5.56 Å².